The van der Waals surface area contributed by atoms with Crippen molar-refractivity contribution in [2.75, 3.05) is 11.9 Å². The van der Waals surface area contributed by atoms with Crippen LogP contribution < -0.4 is 15.1 Å². The molecule has 2 bridgehead atoms. The Bertz CT molecular complexity index is 1240. The summed E-state index contributed by atoms with van der Waals surface area (Å²) in [6.07, 6.45) is 6.14. The molecule has 0 aliphatic carbocycles. The Morgan fingerprint density at radius 1 is 1.06 bits per heavy atom. The fourth-order valence-corrected chi connectivity index (χ4v) is 5.60. The van der Waals surface area contributed by atoms with Gasteiger partial charge in [-0.15, -0.1) is 10.2 Å². The average Bonchev–Trinajstić information content (AvgIpc) is 3.09. The van der Waals surface area contributed by atoms with Crippen molar-refractivity contribution >= 4 is 5.82 Å². The number of nitrogens with one attached hydrogen (secondary N) is 1. The molecule has 2 aliphatic rings. The molecule has 0 saturated carbocycles. The van der Waals surface area contributed by atoms with Crippen molar-refractivity contribution in [3.63, 3.8) is 0 Å². The molecule has 5 rings (SSSR count). The summed E-state index contributed by atoms with van der Waals surface area (Å²) < 4.78 is 0. The second kappa shape index (κ2) is 8.35. The van der Waals surface area contributed by atoms with E-state index < -0.39 is 0 Å². The molecule has 3 atom stereocenters. The smallest absolute Gasteiger partial charge is 0.175 e. The zero-order valence-corrected chi connectivity index (χ0v) is 19.6. The topological polar surface area (TPSA) is 107 Å². The minimum atomic E-state index is 0.178. The van der Waals surface area contributed by atoms with E-state index >= 15 is 0 Å². The number of pyridine rings is 1. The molecule has 0 radical (unpaired) electrons. The maximum Gasteiger partial charge on any atom is 0.175 e. The molecule has 2 N–H and O–H groups in total. The van der Waals surface area contributed by atoms with Gasteiger partial charge in [0, 0.05) is 35.9 Å². The Morgan fingerprint density at radius 2 is 1.79 bits per heavy atom. The highest BCUT2D eigenvalue weighted by Crippen LogP contribution is 2.44. The van der Waals surface area contributed by atoms with Crippen LogP contribution in [0.5, 0.6) is 5.75 Å². The first-order chi connectivity index (χ1) is 16.3. The van der Waals surface area contributed by atoms with E-state index in [0.29, 0.717) is 23.0 Å². The lowest BCUT2D eigenvalue weighted by Crippen LogP contribution is -2.58. The minimum absolute atomic E-state index is 0.178. The second-order valence-corrected chi connectivity index (χ2v) is 10.0. The van der Waals surface area contributed by atoms with Gasteiger partial charge in [-0.1, -0.05) is 6.07 Å². The molecule has 34 heavy (non-hydrogen) atoms. The van der Waals surface area contributed by atoms with E-state index in [1.807, 2.05) is 30.3 Å². The normalized spacial score (nSPS) is 25.6. The van der Waals surface area contributed by atoms with Crippen LogP contribution >= 0.6 is 0 Å². The van der Waals surface area contributed by atoms with Gasteiger partial charge in [0.1, 0.15) is 11.8 Å². The van der Waals surface area contributed by atoms with Crippen molar-refractivity contribution < 1.29 is 10.1 Å². The van der Waals surface area contributed by atoms with E-state index in [4.69, 9.17) is 5.26 Å². The fraction of sp³-hybridized carbons (Fsp3) is 0.385. The number of nitrogens with zero attached hydrogens (tertiary/aromatic N) is 5. The van der Waals surface area contributed by atoms with Crippen molar-refractivity contribution in [1.82, 2.24) is 20.5 Å². The zero-order chi connectivity index (χ0) is 23.9. The SMILES string of the molecule is CN(c1ccc(-c2ccc(-c3ccnc(C#N)c3)cc2OO)nn1)C1C[C@]2(C)CC[C@](C)(C1)N2. The molecule has 8 nitrogen and oxygen atoms in total. The van der Waals surface area contributed by atoms with Gasteiger partial charge in [-0.2, -0.15) is 5.26 Å². The molecule has 1 aromatic carbocycles. The van der Waals surface area contributed by atoms with Crippen LogP contribution in [0.3, 0.4) is 0 Å². The van der Waals surface area contributed by atoms with Crippen LogP contribution in [0.4, 0.5) is 5.82 Å². The first-order valence-electron chi connectivity index (χ1n) is 11.5. The van der Waals surface area contributed by atoms with Gasteiger partial charge in [-0.05, 0) is 87.1 Å². The van der Waals surface area contributed by atoms with Crippen molar-refractivity contribution in [2.45, 2.75) is 56.7 Å². The van der Waals surface area contributed by atoms with Gasteiger partial charge in [0.15, 0.2) is 11.6 Å². The number of fused-ring (bicyclic) bond motifs is 2. The summed E-state index contributed by atoms with van der Waals surface area (Å²) >= 11 is 0. The highest BCUT2D eigenvalue weighted by Gasteiger charge is 2.49. The molecule has 0 spiro atoms. The van der Waals surface area contributed by atoms with Crippen LogP contribution in [-0.4, -0.2) is 44.6 Å². The van der Waals surface area contributed by atoms with Crippen LogP contribution in [0.1, 0.15) is 45.2 Å². The van der Waals surface area contributed by atoms with Gasteiger partial charge in [0.05, 0.1) is 5.69 Å². The zero-order valence-electron chi connectivity index (χ0n) is 19.6. The predicted octanol–water partition coefficient (Wildman–Crippen LogP) is 4.43. The summed E-state index contributed by atoms with van der Waals surface area (Å²) in [5.41, 5.74) is 3.50. The summed E-state index contributed by atoms with van der Waals surface area (Å²) in [6, 6.07) is 15.2. The highest BCUT2D eigenvalue weighted by atomic mass is 17.1. The lowest BCUT2D eigenvalue weighted by Gasteiger charge is -2.45. The molecular formula is C26H28N6O2. The number of hydrogen-bond donors (Lipinski definition) is 2. The molecule has 4 heterocycles. The summed E-state index contributed by atoms with van der Waals surface area (Å²) in [6.45, 7) is 4.64. The number of piperidine rings is 1. The quantitative estimate of drug-likeness (QED) is 0.429. The molecule has 0 amide bonds. The largest absolute Gasteiger partial charge is 0.355 e. The Kier molecular flexibility index (Phi) is 5.47. The maximum atomic E-state index is 9.54. The van der Waals surface area contributed by atoms with Crippen molar-refractivity contribution in [3.8, 4) is 34.2 Å². The summed E-state index contributed by atoms with van der Waals surface area (Å²) in [7, 11) is 2.09. The Morgan fingerprint density at radius 3 is 2.44 bits per heavy atom. The maximum absolute atomic E-state index is 9.54. The van der Waals surface area contributed by atoms with E-state index in [1.54, 1.807) is 24.4 Å². The van der Waals surface area contributed by atoms with Crippen LogP contribution in [0.15, 0.2) is 48.7 Å². The van der Waals surface area contributed by atoms with Gasteiger partial charge < -0.3 is 15.1 Å². The average molecular weight is 457 g/mol. The van der Waals surface area contributed by atoms with Gasteiger partial charge in [0.25, 0.3) is 0 Å². The van der Waals surface area contributed by atoms with Crippen molar-refractivity contribution in [1.29, 1.82) is 5.26 Å². The van der Waals surface area contributed by atoms with E-state index in [0.717, 1.165) is 29.8 Å². The van der Waals surface area contributed by atoms with Crippen LogP contribution in [0.25, 0.3) is 22.4 Å². The van der Waals surface area contributed by atoms with E-state index in [-0.39, 0.29) is 16.8 Å². The molecule has 2 aromatic heterocycles. The van der Waals surface area contributed by atoms with E-state index in [2.05, 4.69) is 51.2 Å². The lowest BCUT2D eigenvalue weighted by atomic mass is 9.84. The summed E-state index contributed by atoms with van der Waals surface area (Å²) in [5, 5.41) is 31.4. The molecule has 2 saturated heterocycles. The van der Waals surface area contributed by atoms with Crippen LogP contribution in [0.2, 0.25) is 0 Å². The van der Waals surface area contributed by atoms with E-state index in [9.17, 15) is 5.26 Å². The van der Waals surface area contributed by atoms with Gasteiger partial charge in [0.2, 0.25) is 0 Å². The third-order valence-electron chi connectivity index (χ3n) is 7.33. The molecule has 174 valence electrons. The molecule has 1 unspecified atom stereocenters. The Labute approximate surface area is 199 Å². The summed E-state index contributed by atoms with van der Waals surface area (Å²) in [4.78, 5) is 10.9. The molecule has 2 aliphatic heterocycles. The van der Waals surface area contributed by atoms with Gasteiger partial charge in [-0.3, -0.25) is 0 Å². The molecule has 3 aromatic rings. The Hall–Kier alpha value is -3.54. The third-order valence-corrected chi connectivity index (χ3v) is 7.33. The number of rotatable bonds is 5. The summed E-state index contributed by atoms with van der Waals surface area (Å²) in [5.74, 6) is 1.09. The van der Waals surface area contributed by atoms with Gasteiger partial charge >= 0.3 is 0 Å². The predicted molar refractivity (Wildman–Crippen MR) is 129 cm³/mol. The van der Waals surface area contributed by atoms with Crippen molar-refractivity contribution in [2.24, 2.45) is 0 Å². The third kappa shape index (κ3) is 4.09. The van der Waals surface area contributed by atoms with Crippen molar-refractivity contribution in [3.05, 3.63) is 54.4 Å². The fourth-order valence-electron chi connectivity index (χ4n) is 5.60. The molecular weight excluding hydrogens is 428 g/mol. The van der Waals surface area contributed by atoms with E-state index in [1.165, 1.54) is 12.8 Å². The van der Waals surface area contributed by atoms with Crippen LogP contribution in [0, 0.1) is 11.3 Å². The second-order valence-electron chi connectivity index (χ2n) is 10.0. The number of nitriles is 1. The van der Waals surface area contributed by atoms with Gasteiger partial charge in [-0.25, -0.2) is 10.2 Å². The molecule has 2 fully saturated rings. The number of anilines is 1. The number of benzene rings is 1. The Balaban J connectivity index is 1.38. The standard InChI is InChI=1S/C26H28N6O2/c1-25-9-10-26(2,31-25)15-20(14-25)32(3)24-7-6-22(29-30-24)21-5-4-17(13-23(21)34-33)18-8-11-28-19(12-18)16-27/h4-8,11-13,20,31,33H,9-10,14-15H2,1-3H3/t20?,25-,26+. The first kappa shape index (κ1) is 22.3. The number of hydrogen-bond acceptors (Lipinski definition) is 8. The highest BCUT2D eigenvalue weighted by molar-refractivity contribution is 5.75. The first-order valence-corrected chi connectivity index (χ1v) is 11.5. The monoisotopic (exact) mass is 456 g/mol. The molecule has 8 heteroatoms. The lowest BCUT2D eigenvalue weighted by molar-refractivity contribution is -0.137. The minimum Gasteiger partial charge on any atom is -0.355 e. The van der Waals surface area contributed by atoms with Crippen LogP contribution in [-0.2, 0) is 0 Å². The number of aromatic nitrogens is 3.